The average Bonchev–Trinajstić information content (AvgIpc) is 2.71. The quantitative estimate of drug-likeness (QED) is 0.864. The molecular formula is C12H18BrNS. The fourth-order valence-electron chi connectivity index (χ4n) is 2.63. The molecule has 3 atom stereocenters. The first-order valence-corrected chi connectivity index (χ1v) is 7.22. The molecule has 1 aromatic heterocycles. The van der Waals surface area contributed by atoms with Crippen LogP contribution in [0.5, 0.6) is 0 Å². The highest BCUT2D eigenvalue weighted by molar-refractivity contribution is 9.10. The molecule has 3 unspecified atom stereocenters. The summed E-state index contributed by atoms with van der Waals surface area (Å²) in [7, 11) is 0. The van der Waals surface area contributed by atoms with Crippen LogP contribution < -0.4 is 5.73 Å². The van der Waals surface area contributed by atoms with Gasteiger partial charge in [-0.1, -0.05) is 19.8 Å². The number of aryl methyl sites for hydroxylation is 1. The second-order valence-corrected chi connectivity index (χ2v) is 6.81. The van der Waals surface area contributed by atoms with Gasteiger partial charge in [0.1, 0.15) is 0 Å². The maximum atomic E-state index is 6.39. The van der Waals surface area contributed by atoms with Crippen molar-refractivity contribution in [3.63, 3.8) is 0 Å². The summed E-state index contributed by atoms with van der Waals surface area (Å²) in [5.74, 6) is 1.47. The Hall–Kier alpha value is 0.140. The number of halogens is 1. The fourth-order valence-corrected chi connectivity index (χ4v) is 4.62. The van der Waals surface area contributed by atoms with E-state index < -0.39 is 0 Å². The molecule has 3 heteroatoms. The number of hydrogen-bond acceptors (Lipinski definition) is 2. The van der Waals surface area contributed by atoms with Crippen molar-refractivity contribution < 1.29 is 0 Å². The number of rotatable bonds is 2. The molecule has 0 amide bonds. The second kappa shape index (κ2) is 4.56. The van der Waals surface area contributed by atoms with E-state index in [9.17, 15) is 0 Å². The third-order valence-corrected chi connectivity index (χ3v) is 5.60. The fraction of sp³-hybridized carbons (Fsp3) is 0.667. The lowest BCUT2D eigenvalue weighted by Gasteiger charge is -2.22. The smallest absolute Gasteiger partial charge is 0.0432 e. The molecule has 1 fully saturated rings. The molecule has 15 heavy (non-hydrogen) atoms. The summed E-state index contributed by atoms with van der Waals surface area (Å²) in [6, 6.07) is 2.41. The number of nitrogens with two attached hydrogens (primary N) is 1. The molecule has 0 radical (unpaired) electrons. The normalized spacial score (nSPS) is 28.3. The van der Waals surface area contributed by atoms with Crippen LogP contribution in [0.25, 0.3) is 0 Å². The summed E-state index contributed by atoms with van der Waals surface area (Å²) in [6.07, 6.45) is 3.99. The van der Waals surface area contributed by atoms with Crippen LogP contribution in [0.3, 0.4) is 0 Å². The van der Waals surface area contributed by atoms with Crippen molar-refractivity contribution in [2.24, 2.45) is 17.6 Å². The highest BCUT2D eigenvalue weighted by Gasteiger charge is 2.31. The largest absolute Gasteiger partial charge is 0.323 e. The number of hydrogen-bond donors (Lipinski definition) is 1. The minimum atomic E-state index is 0.232. The third kappa shape index (κ3) is 2.29. The van der Waals surface area contributed by atoms with Crippen LogP contribution >= 0.6 is 27.3 Å². The Morgan fingerprint density at radius 3 is 2.73 bits per heavy atom. The van der Waals surface area contributed by atoms with Crippen molar-refractivity contribution in [1.82, 2.24) is 0 Å². The number of thiophene rings is 1. The van der Waals surface area contributed by atoms with Gasteiger partial charge in [0.15, 0.2) is 0 Å². The van der Waals surface area contributed by atoms with Crippen LogP contribution in [-0.2, 0) is 0 Å². The van der Waals surface area contributed by atoms with Gasteiger partial charge in [-0.2, -0.15) is 0 Å². The van der Waals surface area contributed by atoms with Gasteiger partial charge >= 0.3 is 0 Å². The first kappa shape index (κ1) is 11.6. The topological polar surface area (TPSA) is 26.0 Å². The third-order valence-electron chi connectivity index (χ3n) is 3.53. The van der Waals surface area contributed by atoms with Gasteiger partial charge in [0.25, 0.3) is 0 Å². The highest BCUT2D eigenvalue weighted by Crippen LogP contribution is 2.43. The van der Waals surface area contributed by atoms with Crippen LogP contribution in [0.15, 0.2) is 10.5 Å². The maximum Gasteiger partial charge on any atom is 0.0432 e. The minimum Gasteiger partial charge on any atom is -0.323 e. The first-order chi connectivity index (χ1) is 7.09. The monoisotopic (exact) mass is 287 g/mol. The van der Waals surface area contributed by atoms with E-state index >= 15 is 0 Å². The molecule has 0 aromatic carbocycles. The van der Waals surface area contributed by atoms with E-state index in [-0.39, 0.29) is 6.04 Å². The highest BCUT2D eigenvalue weighted by atomic mass is 79.9. The maximum absolute atomic E-state index is 6.39. The molecule has 0 bridgehead atoms. The first-order valence-electron chi connectivity index (χ1n) is 5.61. The molecule has 1 aliphatic rings. The summed E-state index contributed by atoms with van der Waals surface area (Å²) in [5, 5.41) is 0. The predicted molar refractivity (Wildman–Crippen MR) is 70.2 cm³/mol. The molecule has 0 spiro atoms. The lowest BCUT2D eigenvalue weighted by molar-refractivity contribution is 0.354. The van der Waals surface area contributed by atoms with E-state index in [2.05, 4.69) is 35.8 Å². The second-order valence-electron chi connectivity index (χ2n) is 4.67. The van der Waals surface area contributed by atoms with Crippen LogP contribution in [0.1, 0.15) is 42.0 Å². The van der Waals surface area contributed by atoms with Crippen molar-refractivity contribution in [3.05, 3.63) is 20.3 Å². The Balaban J connectivity index is 2.19. The van der Waals surface area contributed by atoms with Crippen LogP contribution in [-0.4, -0.2) is 0 Å². The molecule has 1 aliphatic carbocycles. The van der Waals surface area contributed by atoms with E-state index in [4.69, 9.17) is 5.73 Å². The molecule has 84 valence electrons. The van der Waals surface area contributed by atoms with Gasteiger partial charge in [-0.3, -0.25) is 0 Å². The molecular weight excluding hydrogens is 270 g/mol. The van der Waals surface area contributed by atoms with Crippen molar-refractivity contribution in [3.8, 4) is 0 Å². The average molecular weight is 288 g/mol. The SMILES string of the molecule is Cc1cc(Br)c(C(N)C2CCCC2C)s1. The van der Waals surface area contributed by atoms with E-state index in [1.807, 2.05) is 11.3 Å². The Labute approximate surface area is 104 Å². The Morgan fingerprint density at radius 2 is 2.27 bits per heavy atom. The molecule has 2 rings (SSSR count). The van der Waals surface area contributed by atoms with Crippen LogP contribution in [0.4, 0.5) is 0 Å². The zero-order valence-corrected chi connectivity index (χ0v) is 11.7. The Kier molecular flexibility index (Phi) is 3.53. The van der Waals surface area contributed by atoms with Crippen molar-refractivity contribution in [2.75, 3.05) is 0 Å². The lowest BCUT2D eigenvalue weighted by atomic mass is 9.90. The molecule has 1 aromatic rings. The van der Waals surface area contributed by atoms with Gasteiger partial charge in [0, 0.05) is 20.3 Å². The van der Waals surface area contributed by atoms with Crippen LogP contribution in [0, 0.1) is 18.8 Å². The van der Waals surface area contributed by atoms with Gasteiger partial charge in [-0.05, 0) is 47.2 Å². The van der Waals surface area contributed by atoms with Gasteiger partial charge in [0.2, 0.25) is 0 Å². The molecule has 1 heterocycles. The van der Waals surface area contributed by atoms with Crippen molar-refractivity contribution in [1.29, 1.82) is 0 Å². The lowest BCUT2D eigenvalue weighted by Crippen LogP contribution is -2.22. The van der Waals surface area contributed by atoms with E-state index in [1.54, 1.807) is 0 Å². The molecule has 1 nitrogen and oxygen atoms in total. The summed E-state index contributed by atoms with van der Waals surface area (Å²) >= 11 is 5.45. The minimum absolute atomic E-state index is 0.232. The molecule has 1 saturated carbocycles. The Morgan fingerprint density at radius 1 is 1.53 bits per heavy atom. The van der Waals surface area contributed by atoms with Gasteiger partial charge in [-0.25, -0.2) is 0 Å². The van der Waals surface area contributed by atoms with E-state index in [0.29, 0.717) is 5.92 Å². The standard InChI is InChI=1S/C12H18BrNS/c1-7-4-3-5-9(7)11(14)12-10(13)6-8(2)15-12/h6-7,9,11H,3-5,14H2,1-2H3. The molecule has 0 aliphatic heterocycles. The predicted octanol–water partition coefficient (Wildman–Crippen LogP) is 4.26. The van der Waals surface area contributed by atoms with Crippen LogP contribution in [0.2, 0.25) is 0 Å². The van der Waals surface area contributed by atoms with E-state index in [0.717, 1.165) is 5.92 Å². The summed E-state index contributed by atoms with van der Waals surface area (Å²) in [5.41, 5.74) is 6.39. The zero-order chi connectivity index (χ0) is 11.0. The van der Waals surface area contributed by atoms with Crippen molar-refractivity contribution in [2.45, 2.75) is 39.2 Å². The Bertz CT molecular complexity index is 347. The van der Waals surface area contributed by atoms with Gasteiger partial charge in [-0.15, -0.1) is 11.3 Å². The zero-order valence-electron chi connectivity index (χ0n) is 9.29. The molecule has 0 saturated heterocycles. The van der Waals surface area contributed by atoms with Crippen molar-refractivity contribution >= 4 is 27.3 Å². The molecule has 2 N–H and O–H groups in total. The summed E-state index contributed by atoms with van der Waals surface area (Å²) in [4.78, 5) is 2.68. The van der Waals surface area contributed by atoms with Gasteiger partial charge < -0.3 is 5.73 Å². The summed E-state index contributed by atoms with van der Waals surface area (Å²) in [6.45, 7) is 4.48. The van der Waals surface area contributed by atoms with Gasteiger partial charge in [0.05, 0.1) is 0 Å². The van der Waals surface area contributed by atoms with E-state index in [1.165, 1.54) is 33.5 Å². The summed E-state index contributed by atoms with van der Waals surface area (Å²) < 4.78 is 1.21.